The van der Waals surface area contributed by atoms with Crippen LogP contribution in [0.15, 0.2) is 4.99 Å². The van der Waals surface area contributed by atoms with Crippen molar-refractivity contribution < 1.29 is 24.3 Å². The molecule has 13 nitrogen and oxygen atoms in total. The second-order valence-corrected chi connectivity index (χ2v) is 7.12. The summed E-state index contributed by atoms with van der Waals surface area (Å²) in [4.78, 5) is 51.5. The number of rotatable bonds is 16. The number of aliphatic carboxylic acids is 1. The summed E-state index contributed by atoms with van der Waals surface area (Å²) in [6.07, 6.45) is 2.26. The fraction of sp³-hybridized carbons (Fsp3) is 0.706. The second-order valence-electron chi connectivity index (χ2n) is 6.76. The van der Waals surface area contributed by atoms with Crippen LogP contribution in [0, 0.1) is 0 Å². The number of carboxylic acids is 1. The first-order valence-corrected chi connectivity index (χ1v) is 10.5. The predicted molar refractivity (Wildman–Crippen MR) is 119 cm³/mol. The van der Waals surface area contributed by atoms with Crippen LogP contribution in [0.25, 0.3) is 0 Å². The number of nitrogens with zero attached hydrogens (tertiary/aromatic N) is 1. The Labute approximate surface area is 186 Å². The molecular formula is C17H34N8O5S. The third-order valence-corrected chi connectivity index (χ3v) is 4.48. The summed E-state index contributed by atoms with van der Waals surface area (Å²) in [6.45, 7) is 0.145. The Morgan fingerprint density at radius 1 is 0.935 bits per heavy atom. The molecule has 3 unspecified atom stereocenters. The van der Waals surface area contributed by atoms with Crippen molar-refractivity contribution in [2.75, 3.05) is 25.4 Å². The van der Waals surface area contributed by atoms with Gasteiger partial charge in [-0.3, -0.25) is 24.2 Å². The van der Waals surface area contributed by atoms with Gasteiger partial charge in [-0.05, 0) is 38.6 Å². The van der Waals surface area contributed by atoms with E-state index < -0.39 is 48.4 Å². The summed E-state index contributed by atoms with van der Waals surface area (Å²) >= 11 is 4.02. The molecule has 0 aromatic rings. The molecule has 0 radical (unpaired) electrons. The monoisotopic (exact) mass is 462 g/mol. The van der Waals surface area contributed by atoms with E-state index in [1.165, 1.54) is 0 Å². The molecule has 178 valence electrons. The minimum absolute atomic E-state index is 0.0548. The van der Waals surface area contributed by atoms with E-state index in [1.807, 2.05) is 0 Å². The smallest absolute Gasteiger partial charge is 0.322 e. The van der Waals surface area contributed by atoms with Crippen molar-refractivity contribution in [2.45, 2.75) is 50.2 Å². The third kappa shape index (κ3) is 13.4. The van der Waals surface area contributed by atoms with Crippen LogP contribution in [-0.4, -0.2) is 78.3 Å². The highest BCUT2D eigenvalue weighted by Gasteiger charge is 2.27. The Balaban J connectivity index is 4.94. The van der Waals surface area contributed by atoms with Gasteiger partial charge in [-0.1, -0.05) is 0 Å². The third-order valence-electron chi connectivity index (χ3n) is 4.11. The fourth-order valence-electron chi connectivity index (χ4n) is 2.44. The molecule has 0 fully saturated rings. The van der Waals surface area contributed by atoms with Crippen molar-refractivity contribution in [1.82, 2.24) is 16.0 Å². The molecule has 14 heteroatoms. The van der Waals surface area contributed by atoms with E-state index in [4.69, 9.17) is 28.0 Å². The Hall–Kier alpha value is -2.58. The van der Waals surface area contributed by atoms with Crippen LogP contribution >= 0.6 is 12.6 Å². The number of carbonyl (C=O) groups is 4. The van der Waals surface area contributed by atoms with Crippen molar-refractivity contribution in [3.05, 3.63) is 0 Å². The highest BCUT2D eigenvalue weighted by Crippen LogP contribution is 2.04. The number of carbonyl (C=O) groups excluding carboxylic acids is 3. The number of aliphatic imine (C=N–C) groups is 1. The van der Waals surface area contributed by atoms with Crippen molar-refractivity contribution in [1.29, 1.82) is 0 Å². The summed E-state index contributed by atoms with van der Waals surface area (Å²) in [5, 5.41) is 15.9. The molecule has 0 rings (SSSR count). The number of nitrogens with two attached hydrogens (primary N) is 4. The number of unbranched alkanes of at least 4 members (excludes halogenated alkanes) is 1. The maximum atomic E-state index is 12.7. The van der Waals surface area contributed by atoms with Crippen LogP contribution in [0.5, 0.6) is 0 Å². The zero-order valence-corrected chi connectivity index (χ0v) is 18.3. The lowest BCUT2D eigenvalue weighted by Crippen LogP contribution is -2.56. The first-order valence-electron chi connectivity index (χ1n) is 9.84. The second kappa shape index (κ2) is 16.2. The standard InChI is InChI=1S/C17H34N8O5S/c18-6-2-1-5-11(24-14(28)10(19)4-3-7-22-17(20)21)16(30)25-12(9-31)15(29)23-8-13(26)27/h10-12,31H,1-9,18-19H2,(H,23,29)(H,24,28)(H,25,30)(H,26,27)(H4,20,21,22). The van der Waals surface area contributed by atoms with Crippen LogP contribution in [-0.2, 0) is 19.2 Å². The highest BCUT2D eigenvalue weighted by atomic mass is 32.1. The molecule has 0 aliphatic carbocycles. The fourth-order valence-corrected chi connectivity index (χ4v) is 2.70. The zero-order valence-electron chi connectivity index (χ0n) is 17.4. The topological polar surface area (TPSA) is 241 Å². The summed E-state index contributed by atoms with van der Waals surface area (Å²) in [6, 6.07) is -2.90. The minimum atomic E-state index is -1.22. The van der Waals surface area contributed by atoms with Crippen LogP contribution in [0.2, 0.25) is 0 Å². The normalized spacial score (nSPS) is 13.4. The molecule has 0 heterocycles. The van der Waals surface area contributed by atoms with E-state index in [1.54, 1.807) is 0 Å². The Morgan fingerprint density at radius 2 is 1.58 bits per heavy atom. The van der Waals surface area contributed by atoms with Gasteiger partial charge in [-0.25, -0.2) is 0 Å². The quantitative estimate of drug-likeness (QED) is 0.0479. The molecule has 12 N–H and O–H groups in total. The van der Waals surface area contributed by atoms with E-state index in [-0.39, 0.29) is 18.1 Å². The van der Waals surface area contributed by atoms with E-state index in [0.29, 0.717) is 38.8 Å². The minimum Gasteiger partial charge on any atom is -0.480 e. The average molecular weight is 463 g/mol. The first-order chi connectivity index (χ1) is 14.6. The van der Waals surface area contributed by atoms with Crippen LogP contribution in [0.4, 0.5) is 0 Å². The maximum Gasteiger partial charge on any atom is 0.322 e. The van der Waals surface area contributed by atoms with E-state index in [2.05, 4.69) is 33.6 Å². The van der Waals surface area contributed by atoms with Crippen molar-refractivity contribution in [2.24, 2.45) is 27.9 Å². The zero-order chi connectivity index (χ0) is 23.8. The van der Waals surface area contributed by atoms with Crippen molar-refractivity contribution >= 4 is 42.3 Å². The van der Waals surface area contributed by atoms with Gasteiger partial charge >= 0.3 is 5.97 Å². The largest absolute Gasteiger partial charge is 0.480 e. The van der Waals surface area contributed by atoms with Crippen LogP contribution < -0.4 is 38.9 Å². The summed E-state index contributed by atoms with van der Waals surface area (Å²) in [7, 11) is 0. The molecule has 0 aromatic carbocycles. The van der Waals surface area contributed by atoms with Gasteiger partial charge < -0.3 is 44.0 Å². The molecule has 31 heavy (non-hydrogen) atoms. The number of hydrogen-bond donors (Lipinski definition) is 9. The van der Waals surface area contributed by atoms with E-state index >= 15 is 0 Å². The van der Waals surface area contributed by atoms with Gasteiger partial charge in [0.1, 0.15) is 18.6 Å². The number of carboxylic acid groups (broad SMARTS) is 1. The van der Waals surface area contributed by atoms with Crippen LogP contribution in [0.1, 0.15) is 32.1 Å². The highest BCUT2D eigenvalue weighted by molar-refractivity contribution is 7.80. The van der Waals surface area contributed by atoms with Gasteiger partial charge in [-0.15, -0.1) is 0 Å². The number of nitrogens with one attached hydrogen (secondary N) is 3. The molecule has 0 saturated heterocycles. The van der Waals surface area contributed by atoms with Crippen molar-refractivity contribution in [3.63, 3.8) is 0 Å². The lowest BCUT2D eigenvalue weighted by Gasteiger charge is -2.23. The molecule has 0 spiro atoms. The Morgan fingerprint density at radius 3 is 2.13 bits per heavy atom. The maximum absolute atomic E-state index is 12.7. The Kier molecular flexibility index (Phi) is 14.8. The van der Waals surface area contributed by atoms with Gasteiger partial charge in [0.25, 0.3) is 0 Å². The van der Waals surface area contributed by atoms with E-state index in [9.17, 15) is 19.2 Å². The van der Waals surface area contributed by atoms with Gasteiger partial charge in [0.2, 0.25) is 17.7 Å². The van der Waals surface area contributed by atoms with Crippen molar-refractivity contribution in [3.8, 4) is 0 Å². The molecular weight excluding hydrogens is 428 g/mol. The Bertz CT molecular complexity index is 630. The van der Waals surface area contributed by atoms with Gasteiger partial charge in [0.05, 0.1) is 6.04 Å². The number of amides is 3. The summed E-state index contributed by atoms with van der Waals surface area (Å²) < 4.78 is 0. The summed E-state index contributed by atoms with van der Waals surface area (Å²) in [5.41, 5.74) is 21.8. The average Bonchev–Trinajstić information content (AvgIpc) is 2.71. The first kappa shape index (κ1) is 28.4. The van der Waals surface area contributed by atoms with Crippen LogP contribution in [0.3, 0.4) is 0 Å². The molecule has 3 amide bonds. The molecule has 0 saturated carbocycles. The lowest BCUT2D eigenvalue weighted by atomic mass is 10.1. The number of guanidine groups is 1. The summed E-state index contributed by atoms with van der Waals surface area (Å²) in [5.74, 6) is -3.18. The van der Waals surface area contributed by atoms with Gasteiger partial charge in [0, 0.05) is 12.3 Å². The number of thiol groups is 1. The van der Waals surface area contributed by atoms with Gasteiger partial charge in [-0.2, -0.15) is 12.6 Å². The predicted octanol–water partition coefficient (Wildman–Crippen LogP) is -3.40. The molecule has 0 aliphatic heterocycles. The number of hydrogen-bond acceptors (Lipinski definition) is 8. The molecule has 0 aliphatic rings. The molecule has 3 atom stereocenters. The SMILES string of the molecule is NCCCCC(NC(=O)C(N)CCCN=C(N)N)C(=O)NC(CS)C(=O)NCC(=O)O. The van der Waals surface area contributed by atoms with E-state index in [0.717, 1.165) is 0 Å². The lowest BCUT2D eigenvalue weighted by molar-refractivity contribution is -0.138. The van der Waals surface area contributed by atoms with Gasteiger partial charge in [0.15, 0.2) is 5.96 Å². The molecule has 0 aromatic heterocycles. The molecule has 0 bridgehead atoms.